The second-order valence-corrected chi connectivity index (χ2v) is 8.30. The third-order valence-electron chi connectivity index (χ3n) is 2.97. The van der Waals surface area contributed by atoms with Crippen molar-refractivity contribution in [3.63, 3.8) is 0 Å². The second kappa shape index (κ2) is 7.45. The van der Waals surface area contributed by atoms with Crippen molar-refractivity contribution in [2.45, 2.75) is 66.5 Å². The van der Waals surface area contributed by atoms with Crippen LogP contribution in [0.1, 0.15) is 55.4 Å². The van der Waals surface area contributed by atoms with E-state index in [0.717, 1.165) is 0 Å². The molecule has 5 nitrogen and oxygen atoms in total. The molecule has 0 aliphatic heterocycles. The van der Waals surface area contributed by atoms with Gasteiger partial charge in [0.05, 0.1) is 0 Å². The maximum Gasteiger partial charge on any atom is 0.410 e. The summed E-state index contributed by atoms with van der Waals surface area (Å²) in [5.74, 6) is 0. The number of hydrogen-bond donors (Lipinski definition) is 2. The first kappa shape index (κ1) is 20.2. The molecule has 0 bridgehead atoms. The number of carbonyl (C=O) groups excluding carboxylic acids is 1. The average Bonchev–Trinajstić information content (AvgIpc) is 2.24. The second-order valence-electron chi connectivity index (χ2n) is 8.30. The minimum Gasteiger partial charge on any atom is -0.444 e. The zero-order chi connectivity index (χ0) is 16.9. The predicted octanol–water partition coefficient (Wildman–Crippen LogP) is 2.63. The Labute approximate surface area is 130 Å². The van der Waals surface area contributed by atoms with Crippen LogP contribution in [-0.4, -0.2) is 53.5 Å². The SMILES string of the molecule is CC(C)(CO)CNCCN(C(=O)OC(C)(C)C)C(C)(C)C. The molecule has 0 spiro atoms. The first-order chi connectivity index (χ1) is 9.28. The third-order valence-corrected chi connectivity index (χ3v) is 2.97. The molecule has 0 aromatic heterocycles. The molecule has 0 unspecified atom stereocenters. The fourth-order valence-corrected chi connectivity index (χ4v) is 1.69. The van der Waals surface area contributed by atoms with Crippen LogP contribution in [0.25, 0.3) is 0 Å². The van der Waals surface area contributed by atoms with Crippen molar-refractivity contribution in [2.24, 2.45) is 5.41 Å². The van der Waals surface area contributed by atoms with E-state index in [4.69, 9.17) is 4.74 Å². The van der Waals surface area contributed by atoms with Crippen molar-refractivity contribution in [1.29, 1.82) is 0 Å². The Bertz CT molecular complexity index is 327. The molecule has 0 heterocycles. The first-order valence-corrected chi connectivity index (χ1v) is 7.61. The molecule has 21 heavy (non-hydrogen) atoms. The van der Waals surface area contributed by atoms with E-state index in [1.807, 2.05) is 55.4 Å². The number of nitrogens with one attached hydrogen (secondary N) is 1. The monoisotopic (exact) mass is 302 g/mol. The highest BCUT2D eigenvalue weighted by Gasteiger charge is 2.30. The minimum atomic E-state index is -0.493. The molecule has 0 aliphatic carbocycles. The van der Waals surface area contributed by atoms with Crippen LogP contribution in [0.2, 0.25) is 0 Å². The Morgan fingerprint density at radius 2 is 1.62 bits per heavy atom. The van der Waals surface area contributed by atoms with E-state index in [0.29, 0.717) is 19.6 Å². The van der Waals surface area contributed by atoms with E-state index in [1.54, 1.807) is 4.90 Å². The number of ether oxygens (including phenoxy) is 1. The van der Waals surface area contributed by atoms with Crippen LogP contribution in [0.3, 0.4) is 0 Å². The molecule has 0 aliphatic rings. The summed E-state index contributed by atoms with van der Waals surface area (Å²) in [4.78, 5) is 14.0. The van der Waals surface area contributed by atoms with Crippen molar-refractivity contribution in [1.82, 2.24) is 10.2 Å². The fourth-order valence-electron chi connectivity index (χ4n) is 1.69. The van der Waals surface area contributed by atoms with E-state index in [1.165, 1.54) is 0 Å². The summed E-state index contributed by atoms with van der Waals surface area (Å²) < 4.78 is 5.46. The van der Waals surface area contributed by atoms with Gasteiger partial charge in [0.1, 0.15) is 5.60 Å². The number of nitrogens with zero attached hydrogens (tertiary/aromatic N) is 1. The molecule has 0 saturated carbocycles. The maximum absolute atomic E-state index is 12.3. The highest BCUT2D eigenvalue weighted by Crippen LogP contribution is 2.18. The standard InChI is InChI=1S/C16H34N2O3/c1-14(2,3)18(13(20)21-15(4,5)6)10-9-17-11-16(7,8)12-19/h17,19H,9-12H2,1-8H3. The molecule has 0 saturated heterocycles. The summed E-state index contributed by atoms with van der Waals surface area (Å²) in [6, 6.07) is 0. The van der Waals surface area contributed by atoms with Gasteiger partial charge in [-0.2, -0.15) is 0 Å². The van der Waals surface area contributed by atoms with E-state index in [-0.39, 0.29) is 23.7 Å². The summed E-state index contributed by atoms with van der Waals surface area (Å²) in [7, 11) is 0. The van der Waals surface area contributed by atoms with E-state index in [2.05, 4.69) is 5.32 Å². The summed E-state index contributed by atoms with van der Waals surface area (Å²) in [6.07, 6.45) is -0.293. The van der Waals surface area contributed by atoms with Crippen molar-refractivity contribution < 1.29 is 14.6 Å². The molecule has 0 atom stereocenters. The topological polar surface area (TPSA) is 61.8 Å². The molecule has 2 N–H and O–H groups in total. The number of aliphatic hydroxyl groups excluding tert-OH is 1. The molecular weight excluding hydrogens is 268 g/mol. The van der Waals surface area contributed by atoms with Crippen LogP contribution in [0, 0.1) is 5.41 Å². The molecule has 0 rings (SSSR count). The molecule has 5 heteroatoms. The number of hydrogen-bond acceptors (Lipinski definition) is 4. The zero-order valence-corrected chi connectivity index (χ0v) is 15.0. The van der Waals surface area contributed by atoms with Crippen molar-refractivity contribution in [3.05, 3.63) is 0 Å². The lowest BCUT2D eigenvalue weighted by Crippen LogP contribution is -2.50. The maximum atomic E-state index is 12.3. The number of amides is 1. The summed E-state index contributed by atoms with van der Waals surface area (Å²) >= 11 is 0. The fraction of sp³-hybridized carbons (Fsp3) is 0.938. The van der Waals surface area contributed by atoms with Gasteiger partial charge in [0.15, 0.2) is 0 Å². The van der Waals surface area contributed by atoms with Crippen LogP contribution in [-0.2, 0) is 4.74 Å². The first-order valence-electron chi connectivity index (χ1n) is 7.61. The van der Waals surface area contributed by atoms with Crippen LogP contribution in [0.4, 0.5) is 4.79 Å². The molecular formula is C16H34N2O3. The Morgan fingerprint density at radius 1 is 1.10 bits per heavy atom. The van der Waals surface area contributed by atoms with Gasteiger partial charge in [-0.1, -0.05) is 13.8 Å². The molecule has 0 radical (unpaired) electrons. The molecule has 0 fully saturated rings. The molecule has 126 valence electrons. The smallest absolute Gasteiger partial charge is 0.410 e. The van der Waals surface area contributed by atoms with Gasteiger partial charge < -0.3 is 20.1 Å². The van der Waals surface area contributed by atoms with Gasteiger partial charge in [0.25, 0.3) is 0 Å². The predicted molar refractivity (Wildman–Crippen MR) is 86.4 cm³/mol. The minimum absolute atomic E-state index is 0.134. The van der Waals surface area contributed by atoms with E-state index >= 15 is 0 Å². The highest BCUT2D eigenvalue weighted by molar-refractivity contribution is 5.69. The van der Waals surface area contributed by atoms with Gasteiger partial charge >= 0.3 is 6.09 Å². The van der Waals surface area contributed by atoms with Crippen molar-refractivity contribution >= 4 is 6.09 Å². The van der Waals surface area contributed by atoms with E-state index < -0.39 is 5.60 Å². The lowest BCUT2D eigenvalue weighted by Gasteiger charge is -2.37. The van der Waals surface area contributed by atoms with Gasteiger partial charge in [-0.15, -0.1) is 0 Å². The normalized spacial score (nSPS) is 13.2. The van der Waals surface area contributed by atoms with Gasteiger partial charge in [-0.3, -0.25) is 0 Å². The Kier molecular flexibility index (Phi) is 7.16. The number of aliphatic hydroxyl groups is 1. The molecule has 0 aromatic rings. The largest absolute Gasteiger partial charge is 0.444 e. The lowest BCUT2D eigenvalue weighted by molar-refractivity contribution is 0.00643. The van der Waals surface area contributed by atoms with Crippen molar-refractivity contribution in [2.75, 3.05) is 26.2 Å². The van der Waals surface area contributed by atoms with Crippen LogP contribution in [0.5, 0.6) is 0 Å². The Balaban J connectivity index is 4.50. The average molecular weight is 302 g/mol. The zero-order valence-electron chi connectivity index (χ0n) is 15.0. The van der Waals surface area contributed by atoms with Gasteiger partial charge in [0.2, 0.25) is 0 Å². The Hall–Kier alpha value is -0.810. The van der Waals surface area contributed by atoms with Crippen LogP contribution in [0.15, 0.2) is 0 Å². The molecule has 0 aromatic carbocycles. The third kappa shape index (κ3) is 8.94. The quantitative estimate of drug-likeness (QED) is 0.740. The van der Waals surface area contributed by atoms with Gasteiger partial charge in [-0.25, -0.2) is 4.79 Å². The number of carbonyl (C=O) groups is 1. The number of rotatable bonds is 6. The lowest BCUT2D eigenvalue weighted by atomic mass is 9.95. The summed E-state index contributed by atoms with van der Waals surface area (Å²) in [5.41, 5.74) is -0.943. The van der Waals surface area contributed by atoms with Crippen LogP contribution >= 0.6 is 0 Å². The van der Waals surface area contributed by atoms with Gasteiger partial charge in [0, 0.05) is 37.2 Å². The summed E-state index contributed by atoms with van der Waals surface area (Å²) in [6.45, 7) is 17.7. The molecule has 1 amide bonds. The van der Waals surface area contributed by atoms with Gasteiger partial charge in [-0.05, 0) is 41.5 Å². The highest BCUT2D eigenvalue weighted by atomic mass is 16.6. The van der Waals surface area contributed by atoms with E-state index in [9.17, 15) is 9.90 Å². The summed E-state index contributed by atoms with van der Waals surface area (Å²) in [5, 5.41) is 12.5. The van der Waals surface area contributed by atoms with Crippen LogP contribution < -0.4 is 5.32 Å². The Morgan fingerprint density at radius 3 is 2.00 bits per heavy atom. The van der Waals surface area contributed by atoms with Crippen molar-refractivity contribution in [3.8, 4) is 0 Å².